The average molecular weight is 303 g/mol. The van der Waals surface area contributed by atoms with Gasteiger partial charge in [-0.05, 0) is 43.2 Å². The lowest BCUT2D eigenvalue weighted by Crippen LogP contribution is -2.52. The molecule has 3 rings (SSSR count). The van der Waals surface area contributed by atoms with Crippen molar-refractivity contribution >= 4 is 11.8 Å². The molecule has 2 bridgehead atoms. The number of amides is 2. The Bertz CT molecular complexity index is 549. The number of rotatable bonds is 5. The van der Waals surface area contributed by atoms with E-state index in [0.717, 1.165) is 12.3 Å². The van der Waals surface area contributed by atoms with E-state index in [1.165, 1.54) is 31.7 Å². The predicted octanol–water partition coefficient (Wildman–Crippen LogP) is 0.477. The number of aliphatic hydroxyl groups excluding tert-OH is 1. The van der Waals surface area contributed by atoms with Gasteiger partial charge in [-0.3, -0.25) is 14.6 Å². The third kappa shape index (κ3) is 3.11. The molecule has 0 aliphatic heterocycles. The van der Waals surface area contributed by atoms with Crippen molar-refractivity contribution in [3.8, 4) is 0 Å². The van der Waals surface area contributed by atoms with Crippen LogP contribution in [0.1, 0.15) is 36.0 Å². The molecule has 6 nitrogen and oxygen atoms in total. The van der Waals surface area contributed by atoms with Gasteiger partial charge >= 0.3 is 0 Å². The van der Waals surface area contributed by atoms with Gasteiger partial charge in [-0.15, -0.1) is 0 Å². The van der Waals surface area contributed by atoms with Gasteiger partial charge in [0.25, 0.3) is 5.91 Å². The molecular weight excluding hydrogens is 282 g/mol. The first-order valence-corrected chi connectivity index (χ1v) is 7.79. The summed E-state index contributed by atoms with van der Waals surface area (Å²) in [5.41, 5.74) is 0.418. The zero-order valence-electron chi connectivity index (χ0n) is 12.4. The van der Waals surface area contributed by atoms with E-state index in [-0.39, 0.29) is 17.9 Å². The topological polar surface area (TPSA) is 91.3 Å². The Morgan fingerprint density at radius 3 is 2.64 bits per heavy atom. The number of nitrogens with zero attached hydrogens (tertiary/aromatic N) is 1. The van der Waals surface area contributed by atoms with Crippen LogP contribution in [0.5, 0.6) is 0 Å². The number of aromatic nitrogens is 1. The van der Waals surface area contributed by atoms with E-state index >= 15 is 0 Å². The van der Waals surface area contributed by atoms with Crippen molar-refractivity contribution in [2.24, 2.45) is 11.8 Å². The molecule has 3 N–H and O–H groups in total. The van der Waals surface area contributed by atoms with Crippen LogP contribution in [0.15, 0.2) is 24.5 Å². The number of fused-ring (bicyclic) bond motifs is 2. The van der Waals surface area contributed by atoms with Crippen LogP contribution in [0, 0.1) is 11.8 Å². The summed E-state index contributed by atoms with van der Waals surface area (Å²) >= 11 is 0. The Morgan fingerprint density at radius 2 is 2.05 bits per heavy atom. The quantitative estimate of drug-likeness (QED) is 0.738. The number of carbonyl (C=O) groups is 2. The Balaban J connectivity index is 1.56. The van der Waals surface area contributed by atoms with E-state index in [2.05, 4.69) is 15.6 Å². The molecule has 2 fully saturated rings. The second-order valence-corrected chi connectivity index (χ2v) is 6.23. The van der Waals surface area contributed by atoms with Crippen LogP contribution in [0.4, 0.5) is 0 Å². The van der Waals surface area contributed by atoms with Crippen molar-refractivity contribution in [1.29, 1.82) is 0 Å². The summed E-state index contributed by atoms with van der Waals surface area (Å²) in [5, 5.41) is 15.0. The van der Waals surface area contributed by atoms with Crippen LogP contribution in [0.3, 0.4) is 0 Å². The number of hydrogen-bond donors (Lipinski definition) is 3. The SMILES string of the molecule is O=C(NC(CO)C(=O)NC1CC2CCC1C2)c1ccncc1. The predicted molar refractivity (Wildman–Crippen MR) is 80.0 cm³/mol. The first-order chi connectivity index (χ1) is 10.7. The van der Waals surface area contributed by atoms with Crippen molar-refractivity contribution in [2.75, 3.05) is 6.61 Å². The van der Waals surface area contributed by atoms with Gasteiger partial charge in [0.15, 0.2) is 0 Å². The smallest absolute Gasteiger partial charge is 0.252 e. The lowest BCUT2D eigenvalue weighted by Gasteiger charge is -2.25. The molecule has 1 heterocycles. The van der Waals surface area contributed by atoms with Crippen molar-refractivity contribution in [3.63, 3.8) is 0 Å². The van der Waals surface area contributed by atoms with Crippen molar-refractivity contribution < 1.29 is 14.7 Å². The molecule has 118 valence electrons. The van der Waals surface area contributed by atoms with Gasteiger partial charge in [0.2, 0.25) is 5.91 Å². The molecule has 6 heteroatoms. The average Bonchev–Trinajstić information content (AvgIpc) is 3.15. The number of hydrogen-bond acceptors (Lipinski definition) is 4. The molecule has 2 aliphatic rings. The van der Waals surface area contributed by atoms with Gasteiger partial charge in [0.05, 0.1) is 6.61 Å². The number of aliphatic hydroxyl groups is 1. The minimum absolute atomic E-state index is 0.193. The van der Waals surface area contributed by atoms with Gasteiger partial charge in [-0.2, -0.15) is 0 Å². The van der Waals surface area contributed by atoms with Crippen LogP contribution in [0.25, 0.3) is 0 Å². The molecule has 0 radical (unpaired) electrons. The zero-order chi connectivity index (χ0) is 15.5. The standard InChI is InChI=1S/C16H21N3O3/c20-9-14(19-15(21)11-3-5-17-6-4-11)16(22)18-13-8-10-1-2-12(13)7-10/h3-6,10,12-14,20H,1-2,7-9H2,(H,18,22)(H,19,21). The van der Waals surface area contributed by atoms with E-state index in [1.807, 2.05) is 0 Å². The molecule has 4 unspecified atom stereocenters. The highest BCUT2D eigenvalue weighted by molar-refractivity contribution is 5.97. The summed E-state index contributed by atoms with van der Waals surface area (Å²) in [6.07, 6.45) is 7.67. The summed E-state index contributed by atoms with van der Waals surface area (Å²) in [7, 11) is 0. The van der Waals surface area contributed by atoms with Crippen LogP contribution >= 0.6 is 0 Å². The highest BCUT2D eigenvalue weighted by Crippen LogP contribution is 2.44. The highest BCUT2D eigenvalue weighted by Gasteiger charge is 2.40. The second kappa shape index (κ2) is 6.44. The van der Waals surface area contributed by atoms with Crippen LogP contribution in [-0.2, 0) is 4.79 Å². The Kier molecular flexibility index (Phi) is 4.38. The Morgan fingerprint density at radius 1 is 1.27 bits per heavy atom. The third-order valence-electron chi connectivity index (χ3n) is 4.81. The van der Waals surface area contributed by atoms with E-state index in [9.17, 15) is 14.7 Å². The fourth-order valence-corrected chi connectivity index (χ4v) is 3.64. The Hall–Kier alpha value is -1.95. The first kappa shape index (κ1) is 15.0. The summed E-state index contributed by atoms with van der Waals surface area (Å²) in [6, 6.07) is 2.41. The van der Waals surface area contributed by atoms with E-state index in [4.69, 9.17) is 0 Å². The maximum atomic E-state index is 12.3. The maximum Gasteiger partial charge on any atom is 0.252 e. The monoisotopic (exact) mass is 303 g/mol. The van der Waals surface area contributed by atoms with Gasteiger partial charge in [0.1, 0.15) is 6.04 Å². The molecule has 2 saturated carbocycles. The molecular formula is C16H21N3O3. The first-order valence-electron chi connectivity index (χ1n) is 7.79. The lowest BCUT2D eigenvalue weighted by molar-refractivity contribution is -0.124. The normalized spacial score (nSPS) is 27.4. The largest absolute Gasteiger partial charge is 0.394 e. The van der Waals surface area contributed by atoms with E-state index in [1.54, 1.807) is 12.1 Å². The van der Waals surface area contributed by atoms with Crippen molar-refractivity contribution in [3.05, 3.63) is 30.1 Å². The molecule has 4 atom stereocenters. The van der Waals surface area contributed by atoms with Crippen LogP contribution < -0.4 is 10.6 Å². The van der Waals surface area contributed by atoms with Gasteiger partial charge < -0.3 is 15.7 Å². The minimum atomic E-state index is -0.917. The second-order valence-electron chi connectivity index (χ2n) is 6.23. The molecule has 2 amide bonds. The van der Waals surface area contributed by atoms with E-state index < -0.39 is 12.6 Å². The molecule has 1 aromatic heterocycles. The van der Waals surface area contributed by atoms with Crippen molar-refractivity contribution in [2.45, 2.75) is 37.8 Å². The molecule has 0 saturated heterocycles. The minimum Gasteiger partial charge on any atom is -0.394 e. The van der Waals surface area contributed by atoms with Gasteiger partial charge in [0, 0.05) is 24.0 Å². The fourth-order valence-electron chi connectivity index (χ4n) is 3.64. The van der Waals surface area contributed by atoms with Gasteiger partial charge in [-0.25, -0.2) is 0 Å². The maximum absolute atomic E-state index is 12.3. The number of carbonyl (C=O) groups excluding carboxylic acids is 2. The molecule has 1 aromatic rings. The Labute approximate surface area is 129 Å². The summed E-state index contributed by atoms with van der Waals surface area (Å²) < 4.78 is 0. The van der Waals surface area contributed by atoms with Gasteiger partial charge in [-0.1, -0.05) is 6.42 Å². The number of pyridine rings is 1. The highest BCUT2D eigenvalue weighted by atomic mass is 16.3. The summed E-state index contributed by atoms with van der Waals surface area (Å²) in [5.74, 6) is 0.602. The molecule has 22 heavy (non-hydrogen) atoms. The van der Waals surface area contributed by atoms with Crippen LogP contribution in [0.2, 0.25) is 0 Å². The number of nitrogens with one attached hydrogen (secondary N) is 2. The summed E-state index contributed by atoms with van der Waals surface area (Å²) in [6.45, 7) is -0.413. The molecule has 0 spiro atoms. The zero-order valence-corrected chi connectivity index (χ0v) is 12.4. The van der Waals surface area contributed by atoms with Crippen LogP contribution in [-0.4, -0.2) is 40.6 Å². The third-order valence-corrected chi connectivity index (χ3v) is 4.81. The molecule has 2 aliphatic carbocycles. The molecule has 0 aromatic carbocycles. The fraction of sp³-hybridized carbons (Fsp3) is 0.562. The van der Waals surface area contributed by atoms with Crippen molar-refractivity contribution in [1.82, 2.24) is 15.6 Å². The van der Waals surface area contributed by atoms with E-state index in [0.29, 0.717) is 11.5 Å². The summed E-state index contributed by atoms with van der Waals surface area (Å²) in [4.78, 5) is 28.2. The lowest BCUT2D eigenvalue weighted by atomic mass is 9.95.